The topological polar surface area (TPSA) is 86.6 Å². The number of ether oxygens (including phenoxy) is 3. The zero-order valence-corrected chi connectivity index (χ0v) is 22.2. The zero-order valence-electron chi connectivity index (χ0n) is 22.2. The van der Waals surface area contributed by atoms with E-state index in [1.165, 1.54) is 24.3 Å². The van der Waals surface area contributed by atoms with Crippen LogP contribution in [0.1, 0.15) is 18.1 Å². The van der Waals surface area contributed by atoms with Crippen molar-refractivity contribution in [2.45, 2.75) is 19.4 Å². The van der Waals surface area contributed by atoms with Crippen LogP contribution in [0, 0.1) is 5.82 Å². The Labute approximate surface area is 232 Å². The normalized spacial score (nSPS) is 11.9. The van der Waals surface area contributed by atoms with Crippen molar-refractivity contribution in [1.82, 2.24) is 0 Å². The number of carbonyl (C=O) groups is 1. The third-order valence-electron chi connectivity index (χ3n) is 6.08. The van der Waals surface area contributed by atoms with Crippen molar-refractivity contribution < 1.29 is 33.3 Å². The number of benzene rings is 4. The van der Waals surface area contributed by atoms with Crippen molar-refractivity contribution >= 4 is 11.7 Å². The summed E-state index contributed by atoms with van der Waals surface area (Å²) in [6.45, 7) is 2.43. The van der Waals surface area contributed by atoms with E-state index in [9.17, 15) is 14.3 Å². The number of rotatable bonds is 13. The van der Waals surface area contributed by atoms with Crippen LogP contribution in [-0.2, 0) is 16.1 Å². The van der Waals surface area contributed by atoms with Crippen LogP contribution < -0.4 is 14.2 Å². The molecule has 0 spiro atoms. The summed E-state index contributed by atoms with van der Waals surface area (Å²) in [5.74, 6) is 0.204. The summed E-state index contributed by atoms with van der Waals surface area (Å²) in [5, 5.41) is 13.7. The lowest BCUT2D eigenvalue weighted by molar-refractivity contribution is -0.145. The molecule has 0 heterocycles. The fourth-order valence-electron chi connectivity index (χ4n) is 3.87. The summed E-state index contributed by atoms with van der Waals surface area (Å²) in [4.78, 5) is 17.0. The van der Waals surface area contributed by atoms with Gasteiger partial charge in [0.1, 0.15) is 29.7 Å². The smallest absolute Gasteiger partial charge is 0.345 e. The van der Waals surface area contributed by atoms with Gasteiger partial charge in [-0.3, -0.25) is 0 Å². The first kappa shape index (κ1) is 28.2. The number of aliphatic carboxylic acids is 1. The molecule has 0 aliphatic carbocycles. The number of nitrogens with zero attached hydrogens (tertiary/aromatic N) is 1. The molecule has 0 aromatic heterocycles. The summed E-state index contributed by atoms with van der Waals surface area (Å²) in [6.07, 6.45) is -0.962. The molecule has 4 aromatic rings. The number of halogens is 1. The Hall–Kier alpha value is -4.85. The molecule has 0 radical (unpaired) electrons. The first-order valence-electron chi connectivity index (χ1n) is 12.7. The van der Waals surface area contributed by atoms with Gasteiger partial charge < -0.3 is 24.2 Å². The average molecular weight is 544 g/mol. The van der Waals surface area contributed by atoms with Gasteiger partial charge in [-0.1, -0.05) is 53.7 Å². The highest BCUT2D eigenvalue weighted by molar-refractivity contribution is 5.98. The highest BCUT2D eigenvalue weighted by Gasteiger charge is 2.20. The number of oxime groups is 1. The van der Waals surface area contributed by atoms with E-state index in [-0.39, 0.29) is 25.4 Å². The minimum absolute atomic E-state index is 0.144. The molecule has 4 aromatic carbocycles. The SMILES string of the molecule is COc1ccc(-c2ccc(/C(C)=N\OCCOc3ccc(CC(Oc4ccc(F)cc4)C(=O)O)cc3)cc2)cc1. The standard InChI is InChI=1S/C32H30FNO6/c1-22(24-5-7-25(8-6-24)26-9-15-28(37-2)16-10-26)34-39-20-19-38-29-13-3-23(4-14-29)21-31(32(35)36)40-30-17-11-27(33)12-18-30/h3-18,31H,19-21H2,1-2H3,(H,35,36)/b34-22-. The van der Waals surface area contributed by atoms with Crippen LogP contribution >= 0.6 is 0 Å². The average Bonchev–Trinajstić information content (AvgIpc) is 2.98. The highest BCUT2D eigenvalue weighted by Crippen LogP contribution is 2.23. The summed E-state index contributed by atoms with van der Waals surface area (Å²) in [6, 6.07) is 28.3. The van der Waals surface area contributed by atoms with Gasteiger partial charge in [-0.25, -0.2) is 9.18 Å². The van der Waals surface area contributed by atoms with Crippen molar-refractivity contribution in [2.75, 3.05) is 20.3 Å². The van der Waals surface area contributed by atoms with Gasteiger partial charge in [-0.15, -0.1) is 0 Å². The van der Waals surface area contributed by atoms with Gasteiger partial charge >= 0.3 is 5.97 Å². The van der Waals surface area contributed by atoms with Crippen molar-refractivity contribution in [1.29, 1.82) is 0 Å². The quantitative estimate of drug-likeness (QED) is 0.119. The molecule has 4 rings (SSSR count). The second kappa shape index (κ2) is 13.8. The first-order chi connectivity index (χ1) is 19.4. The van der Waals surface area contributed by atoms with Crippen LogP contribution in [0.3, 0.4) is 0 Å². The molecule has 1 N–H and O–H groups in total. The van der Waals surface area contributed by atoms with Crippen LogP contribution in [0.2, 0.25) is 0 Å². The third kappa shape index (κ3) is 8.07. The lowest BCUT2D eigenvalue weighted by Gasteiger charge is -2.15. The maximum absolute atomic E-state index is 13.1. The van der Waals surface area contributed by atoms with E-state index in [2.05, 4.69) is 5.16 Å². The maximum atomic E-state index is 13.1. The molecule has 40 heavy (non-hydrogen) atoms. The van der Waals surface area contributed by atoms with Gasteiger partial charge in [0.05, 0.1) is 12.8 Å². The molecule has 1 unspecified atom stereocenters. The Morgan fingerprint density at radius 2 is 1.38 bits per heavy atom. The fourth-order valence-corrected chi connectivity index (χ4v) is 3.87. The molecule has 1 atom stereocenters. The Balaban J connectivity index is 1.21. The number of hydrogen-bond donors (Lipinski definition) is 1. The van der Waals surface area contributed by atoms with E-state index in [4.69, 9.17) is 19.0 Å². The summed E-state index contributed by atoms with van der Waals surface area (Å²) in [5.41, 5.74) is 4.66. The van der Waals surface area contributed by atoms with Gasteiger partial charge in [-0.05, 0) is 77.7 Å². The first-order valence-corrected chi connectivity index (χ1v) is 12.7. The fraction of sp³-hybridized carbons (Fsp3) is 0.188. The second-order valence-corrected chi connectivity index (χ2v) is 8.91. The molecular weight excluding hydrogens is 513 g/mol. The predicted octanol–water partition coefficient (Wildman–Crippen LogP) is 6.40. The Morgan fingerprint density at radius 1 is 0.800 bits per heavy atom. The van der Waals surface area contributed by atoms with Crippen LogP contribution in [-0.4, -0.2) is 43.2 Å². The van der Waals surface area contributed by atoms with Crippen molar-refractivity contribution in [3.8, 4) is 28.4 Å². The van der Waals surface area contributed by atoms with Crippen LogP contribution in [0.5, 0.6) is 17.2 Å². The molecule has 206 valence electrons. The Morgan fingerprint density at radius 3 is 1.98 bits per heavy atom. The third-order valence-corrected chi connectivity index (χ3v) is 6.08. The molecular formula is C32H30FNO6. The summed E-state index contributed by atoms with van der Waals surface area (Å²) < 4.78 is 29.5. The van der Waals surface area contributed by atoms with Crippen molar-refractivity contribution in [3.05, 3.63) is 114 Å². The number of carboxylic acid groups (broad SMARTS) is 1. The predicted molar refractivity (Wildman–Crippen MR) is 151 cm³/mol. The molecule has 0 bridgehead atoms. The largest absolute Gasteiger partial charge is 0.497 e. The van der Waals surface area contributed by atoms with Crippen LogP contribution in [0.4, 0.5) is 4.39 Å². The minimum atomic E-state index is -1.11. The number of methoxy groups -OCH3 is 1. The molecule has 0 amide bonds. The molecule has 0 fully saturated rings. The Kier molecular flexibility index (Phi) is 9.72. The lowest BCUT2D eigenvalue weighted by Crippen LogP contribution is -2.29. The Bertz CT molecular complexity index is 1400. The molecule has 8 heteroatoms. The van der Waals surface area contributed by atoms with E-state index in [1.54, 1.807) is 31.4 Å². The van der Waals surface area contributed by atoms with Crippen molar-refractivity contribution in [2.24, 2.45) is 5.16 Å². The van der Waals surface area contributed by atoms with Gasteiger partial charge in [-0.2, -0.15) is 0 Å². The van der Waals surface area contributed by atoms with Crippen LogP contribution in [0.15, 0.2) is 102 Å². The van der Waals surface area contributed by atoms with E-state index in [0.29, 0.717) is 5.75 Å². The van der Waals surface area contributed by atoms with Crippen molar-refractivity contribution in [3.63, 3.8) is 0 Å². The monoisotopic (exact) mass is 543 g/mol. The minimum Gasteiger partial charge on any atom is -0.497 e. The van der Waals surface area contributed by atoms with Gasteiger partial charge in [0.15, 0.2) is 12.7 Å². The molecule has 0 aliphatic heterocycles. The molecule has 0 saturated carbocycles. The van der Waals surface area contributed by atoms with E-state index < -0.39 is 17.9 Å². The van der Waals surface area contributed by atoms with Gasteiger partial charge in [0.2, 0.25) is 0 Å². The molecule has 7 nitrogen and oxygen atoms in total. The van der Waals surface area contributed by atoms with Gasteiger partial charge in [0, 0.05) is 6.42 Å². The number of carboxylic acids is 1. The zero-order chi connectivity index (χ0) is 28.3. The molecule has 0 saturated heterocycles. The summed E-state index contributed by atoms with van der Waals surface area (Å²) in [7, 11) is 1.65. The van der Waals surface area contributed by atoms with E-state index in [0.717, 1.165) is 33.7 Å². The maximum Gasteiger partial charge on any atom is 0.345 e. The highest BCUT2D eigenvalue weighted by atomic mass is 19.1. The van der Waals surface area contributed by atoms with Gasteiger partial charge in [0.25, 0.3) is 0 Å². The van der Waals surface area contributed by atoms with E-state index >= 15 is 0 Å². The second-order valence-electron chi connectivity index (χ2n) is 8.91. The summed E-state index contributed by atoms with van der Waals surface area (Å²) >= 11 is 0. The van der Waals surface area contributed by atoms with Crippen LogP contribution in [0.25, 0.3) is 11.1 Å². The lowest BCUT2D eigenvalue weighted by atomic mass is 10.0. The van der Waals surface area contributed by atoms with E-state index in [1.807, 2.05) is 55.5 Å². The number of hydrogen-bond acceptors (Lipinski definition) is 6. The molecule has 0 aliphatic rings.